The quantitative estimate of drug-likeness (QED) is 0.166. The van der Waals surface area contributed by atoms with E-state index in [0.717, 1.165) is 76.3 Å². The SMILES string of the molecule is CCN1CCc2c(nc(C(=O)Nc3cccc(-c4cccc(Nc5nccc6cc(COSC)cnc56)c4C)c3Cl)n2C)C1. The van der Waals surface area contributed by atoms with Crippen molar-refractivity contribution in [3.05, 3.63) is 94.3 Å². The van der Waals surface area contributed by atoms with E-state index in [1.54, 1.807) is 6.20 Å². The fourth-order valence-electron chi connectivity index (χ4n) is 5.66. The molecule has 0 atom stereocenters. The molecule has 0 radical (unpaired) electrons. The maximum atomic E-state index is 13.4. The van der Waals surface area contributed by atoms with Crippen LogP contribution in [0.3, 0.4) is 0 Å². The number of rotatable bonds is 9. The lowest BCUT2D eigenvalue weighted by Crippen LogP contribution is -2.30. The van der Waals surface area contributed by atoms with Crippen LogP contribution in [-0.2, 0) is 30.8 Å². The topological polar surface area (TPSA) is 97.2 Å². The van der Waals surface area contributed by atoms with Crippen molar-refractivity contribution < 1.29 is 8.98 Å². The third kappa shape index (κ3) is 5.90. The van der Waals surface area contributed by atoms with Crippen molar-refractivity contribution in [3.63, 3.8) is 0 Å². The van der Waals surface area contributed by atoms with Crippen molar-refractivity contribution in [2.45, 2.75) is 33.4 Å². The Morgan fingerprint density at radius 3 is 2.70 bits per heavy atom. The van der Waals surface area contributed by atoms with E-state index in [9.17, 15) is 4.79 Å². The molecule has 0 saturated carbocycles. The zero-order valence-corrected chi connectivity index (χ0v) is 26.7. The molecule has 0 unspecified atom stereocenters. The monoisotopic (exact) mass is 627 g/mol. The zero-order chi connectivity index (χ0) is 30.8. The largest absolute Gasteiger partial charge is 0.338 e. The van der Waals surface area contributed by atoms with Gasteiger partial charge in [-0.15, -0.1) is 0 Å². The molecule has 226 valence electrons. The second-order valence-electron chi connectivity index (χ2n) is 10.7. The molecule has 4 heterocycles. The Morgan fingerprint density at radius 2 is 1.91 bits per heavy atom. The summed E-state index contributed by atoms with van der Waals surface area (Å²) in [5, 5.41) is 7.92. The highest BCUT2D eigenvalue weighted by molar-refractivity contribution is 7.93. The zero-order valence-electron chi connectivity index (χ0n) is 25.1. The molecule has 11 heteroatoms. The Bertz CT molecular complexity index is 1860. The molecule has 1 aliphatic rings. The summed E-state index contributed by atoms with van der Waals surface area (Å²) < 4.78 is 7.37. The molecule has 3 aromatic heterocycles. The van der Waals surface area contributed by atoms with Crippen molar-refractivity contribution in [2.24, 2.45) is 7.05 Å². The summed E-state index contributed by atoms with van der Waals surface area (Å²) in [6.45, 7) is 7.34. The maximum absolute atomic E-state index is 13.4. The average Bonchev–Trinajstić information content (AvgIpc) is 3.37. The summed E-state index contributed by atoms with van der Waals surface area (Å²) >= 11 is 8.29. The number of fused-ring (bicyclic) bond motifs is 2. The average molecular weight is 628 g/mol. The molecule has 1 aliphatic heterocycles. The number of benzene rings is 2. The number of amides is 1. The molecule has 2 aromatic carbocycles. The van der Waals surface area contributed by atoms with E-state index in [2.05, 4.69) is 38.5 Å². The number of anilines is 3. The molecule has 44 heavy (non-hydrogen) atoms. The van der Waals surface area contributed by atoms with E-state index in [-0.39, 0.29) is 5.91 Å². The van der Waals surface area contributed by atoms with E-state index in [1.807, 2.05) is 73.5 Å². The molecular formula is C33H34ClN7O2S. The molecule has 0 spiro atoms. The van der Waals surface area contributed by atoms with Crippen LogP contribution in [0.2, 0.25) is 5.02 Å². The van der Waals surface area contributed by atoms with Gasteiger partial charge >= 0.3 is 0 Å². The number of pyridine rings is 2. The molecule has 5 aromatic rings. The number of carbonyl (C=O) groups excluding carboxylic acids is 1. The lowest BCUT2D eigenvalue weighted by molar-refractivity contribution is 0.101. The minimum atomic E-state index is -0.283. The lowest BCUT2D eigenvalue weighted by atomic mass is 9.98. The van der Waals surface area contributed by atoms with E-state index in [1.165, 1.54) is 12.0 Å². The second kappa shape index (κ2) is 13.0. The van der Waals surface area contributed by atoms with Gasteiger partial charge in [0, 0.05) is 67.5 Å². The first-order valence-electron chi connectivity index (χ1n) is 14.5. The predicted octanol–water partition coefficient (Wildman–Crippen LogP) is 7.16. The summed E-state index contributed by atoms with van der Waals surface area (Å²) in [6, 6.07) is 15.7. The van der Waals surface area contributed by atoms with Gasteiger partial charge in [-0.1, -0.05) is 42.8 Å². The van der Waals surface area contributed by atoms with Crippen LogP contribution in [0.15, 0.2) is 60.9 Å². The smallest absolute Gasteiger partial charge is 0.291 e. The van der Waals surface area contributed by atoms with Crippen LogP contribution in [0, 0.1) is 6.92 Å². The fourth-order valence-corrected chi connectivity index (χ4v) is 6.19. The van der Waals surface area contributed by atoms with Crippen LogP contribution in [0.25, 0.3) is 22.0 Å². The third-order valence-electron chi connectivity index (χ3n) is 8.11. The predicted molar refractivity (Wildman–Crippen MR) is 179 cm³/mol. The third-order valence-corrected chi connectivity index (χ3v) is 8.87. The van der Waals surface area contributed by atoms with Gasteiger partial charge in [0.25, 0.3) is 5.91 Å². The number of nitrogens with one attached hydrogen (secondary N) is 2. The number of aromatic nitrogens is 4. The Balaban J connectivity index is 1.26. The maximum Gasteiger partial charge on any atom is 0.291 e. The number of carbonyl (C=O) groups is 1. The number of halogens is 1. The summed E-state index contributed by atoms with van der Waals surface area (Å²) in [5.74, 6) is 0.762. The van der Waals surface area contributed by atoms with E-state index in [0.29, 0.717) is 29.0 Å². The fraction of sp³-hybridized carbons (Fsp3) is 0.273. The Labute approximate surface area is 266 Å². The molecule has 0 aliphatic carbocycles. The highest BCUT2D eigenvalue weighted by Gasteiger charge is 2.25. The first kappa shape index (κ1) is 30.1. The minimum absolute atomic E-state index is 0.283. The van der Waals surface area contributed by atoms with Gasteiger partial charge in [0.1, 0.15) is 5.52 Å². The van der Waals surface area contributed by atoms with Crippen molar-refractivity contribution in [3.8, 4) is 11.1 Å². The van der Waals surface area contributed by atoms with E-state index < -0.39 is 0 Å². The molecular weight excluding hydrogens is 594 g/mol. The standard InChI is InChI=1S/C33H34ClN7O2S/c1-5-41-15-13-28-27(18-41)38-32(40(28)3)33(42)39-26-11-7-9-24(29(26)34)23-8-6-10-25(20(23)2)37-31-30-22(12-14-35-31)16-21(17-36-30)19-43-44-4/h6-12,14,16-17H,5,13,15,18-19H2,1-4H3,(H,35,37)(H,39,42). The summed E-state index contributed by atoms with van der Waals surface area (Å²) in [7, 11) is 1.90. The molecule has 1 amide bonds. The van der Waals surface area contributed by atoms with Crippen LogP contribution in [-0.4, -0.2) is 49.7 Å². The van der Waals surface area contributed by atoms with Gasteiger partial charge in [-0.3, -0.25) is 14.7 Å². The van der Waals surface area contributed by atoms with Gasteiger partial charge in [0.15, 0.2) is 11.6 Å². The molecule has 0 saturated heterocycles. The van der Waals surface area contributed by atoms with Crippen LogP contribution in [0.1, 0.15) is 40.1 Å². The van der Waals surface area contributed by atoms with Crippen LogP contribution < -0.4 is 10.6 Å². The van der Waals surface area contributed by atoms with Crippen molar-refractivity contribution in [1.29, 1.82) is 0 Å². The van der Waals surface area contributed by atoms with Crippen LogP contribution in [0.4, 0.5) is 17.2 Å². The molecule has 0 fully saturated rings. The van der Waals surface area contributed by atoms with Crippen molar-refractivity contribution >= 4 is 57.6 Å². The Hall–Kier alpha value is -3.96. The molecule has 6 rings (SSSR count). The molecule has 9 nitrogen and oxygen atoms in total. The first-order valence-corrected chi connectivity index (χ1v) is 16.0. The van der Waals surface area contributed by atoms with Gasteiger partial charge in [-0.25, -0.2) is 9.97 Å². The van der Waals surface area contributed by atoms with Gasteiger partial charge in [0.05, 0.1) is 23.0 Å². The highest BCUT2D eigenvalue weighted by Crippen LogP contribution is 2.38. The molecule has 2 N–H and O–H groups in total. The van der Waals surface area contributed by atoms with E-state index >= 15 is 0 Å². The Kier molecular flexibility index (Phi) is 8.86. The van der Waals surface area contributed by atoms with Crippen molar-refractivity contribution in [2.75, 3.05) is 30.0 Å². The second-order valence-corrected chi connectivity index (χ2v) is 11.7. The number of hydrogen-bond acceptors (Lipinski definition) is 8. The van der Waals surface area contributed by atoms with E-state index in [4.69, 9.17) is 20.8 Å². The van der Waals surface area contributed by atoms with Crippen LogP contribution >= 0.6 is 23.6 Å². The Morgan fingerprint density at radius 1 is 1.11 bits per heavy atom. The van der Waals surface area contributed by atoms with Gasteiger partial charge in [0.2, 0.25) is 0 Å². The lowest BCUT2D eigenvalue weighted by Gasteiger charge is -2.24. The van der Waals surface area contributed by atoms with Crippen molar-refractivity contribution in [1.82, 2.24) is 24.4 Å². The summed E-state index contributed by atoms with van der Waals surface area (Å²) in [4.78, 5) is 29.7. The highest BCUT2D eigenvalue weighted by atomic mass is 35.5. The normalized spacial score (nSPS) is 13.2. The summed E-state index contributed by atoms with van der Waals surface area (Å²) in [6.07, 6.45) is 6.35. The molecule has 0 bridgehead atoms. The van der Waals surface area contributed by atoms with Crippen LogP contribution in [0.5, 0.6) is 0 Å². The number of nitrogens with zero attached hydrogens (tertiary/aromatic N) is 5. The van der Waals surface area contributed by atoms with Gasteiger partial charge in [-0.2, -0.15) is 0 Å². The van der Waals surface area contributed by atoms with Gasteiger partial charge in [-0.05, 0) is 66.5 Å². The number of hydrogen-bond donors (Lipinski definition) is 2. The number of likely N-dealkylation sites (N-methyl/N-ethyl adjacent to an activating group) is 1. The summed E-state index contributed by atoms with van der Waals surface area (Å²) in [5.41, 5.74) is 7.99. The first-order chi connectivity index (χ1) is 21.4. The minimum Gasteiger partial charge on any atom is -0.338 e. The number of imidazole rings is 1. The van der Waals surface area contributed by atoms with Gasteiger partial charge < -0.3 is 19.4 Å².